The molecule has 3 nitrogen and oxygen atoms in total. The van der Waals surface area contributed by atoms with Crippen LogP contribution in [0.1, 0.15) is 12.0 Å². The summed E-state index contributed by atoms with van der Waals surface area (Å²) >= 11 is 6.58. The molecule has 92 valence electrons. The molecule has 0 spiro atoms. The number of thiocarbonyl (C=S) groups is 1. The molecule has 5 heteroatoms. The largest absolute Gasteiger partial charge is 0.389 e. The Bertz CT molecular complexity index is 421. The molecular weight excluding hydrogens is 252 g/mol. The highest BCUT2D eigenvalue weighted by Crippen LogP contribution is 2.16. The summed E-state index contributed by atoms with van der Waals surface area (Å²) in [6.07, 6.45) is 2.52. The molecule has 0 aliphatic heterocycles. The van der Waals surface area contributed by atoms with Gasteiger partial charge in [-0.1, -0.05) is 24.4 Å². The van der Waals surface area contributed by atoms with Gasteiger partial charge in [-0.05, 0) is 18.4 Å². The molecule has 1 amide bonds. The minimum Gasteiger partial charge on any atom is -0.389 e. The summed E-state index contributed by atoms with van der Waals surface area (Å²) in [6, 6.07) is 7.40. The second-order valence-electron chi connectivity index (χ2n) is 3.61. The van der Waals surface area contributed by atoms with Crippen molar-refractivity contribution in [2.75, 3.05) is 24.0 Å². The van der Waals surface area contributed by atoms with Gasteiger partial charge in [-0.3, -0.25) is 4.79 Å². The molecular formula is C12H16N2OS2. The van der Waals surface area contributed by atoms with E-state index in [1.807, 2.05) is 30.5 Å². The van der Waals surface area contributed by atoms with E-state index in [1.54, 1.807) is 23.7 Å². The molecule has 0 aliphatic rings. The first kappa shape index (κ1) is 14.0. The van der Waals surface area contributed by atoms with E-state index in [9.17, 15) is 4.79 Å². The summed E-state index contributed by atoms with van der Waals surface area (Å²) in [6.45, 7) is 0. The standard InChI is InChI=1S/C12H16N2OS2/c1-14(11(15)6-7-17-2)10-5-3-4-9(8-10)12(13)16/h3-5,8H,6-7H2,1-2H3,(H2,13,16). The van der Waals surface area contributed by atoms with Gasteiger partial charge in [-0.2, -0.15) is 11.8 Å². The van der Waals surface area contributed by atoms with E-state index in [4.69, 9.17) is 18.0 Å². The van der Waals surface area contributed by atoms with Gasteiger partial charge >= 0.3 is 0 Å². The Hall–Kier alpha value is -1.07. The Labute approximate surface area is 111 Å². The molecule has 2 N–H and O–H groups in total. The summed E-state index contributed by atoms with van der Waals surface area (Å²) in [5, 5.41) is 0. The number of nitrogens with zero attached hydrogens (tertiary/aromatic N) is 1. The van der Waals surface area contributed by atoms with Crippen LogP contribution in [0.4, 0.5) is 5.69 Å². The zero-order chi connectivity index (χ0) is 12.8. The number of benzene rings is 1. The van der Waals surface area contributed by atoms with Gasteiger partial charge in [0.15, 0.2) is 0 Å². The van der Waals surface area contributed by atoms with Gasteiger partial charge in [0, 0.05) is 30.5 Å². The second-order valence-corrected chi connectivity index (χ2v) is 5.04. The summed E-state index contributed by atoms with van der Waals surface area (Å²) < 4.78 is 0. The maximum Gasteiger partial charge on any atom is 0.227 e. The summed E-state index contributed by atoms with van der Waals surface area (Å²) in [5.74, 6) is 0.928. The molecule has 1 aromatic rings. The SMILES string of the molecule is CSCCC(=O)N(C)c1cccc(C(N)=S)c1. The van der Waals surface area contributed by atoms with E-state index in [1.165, 1.54) is 0 Å². The molecule has 1 rings (SSSR count). The van der Waals surface area contributed by atoms with Gasteiger partial charge in [0.2, 0.25) is 5.91 Å². The number of carbonyl (C=O) groups is 1. The topological polar surface area (TPSA) is 46.3 Å². The van der Waals surface area contributed by atoms with Crippen molar-refractivity contribution in [2.45, 2.75) is 6.42 Å². The molecule has 0 aliphatic carbocycles. The van der Waals surface area contributed by atoms with Crippen LogP contribution in [0.3, 0.4) is 0 Å². The second kappa shape index (κ2) is 6.61. The fraction of sp³-hybridized carbons (Fsp3) is 0.333. The first-order valence-corrected chi connectivity index (χ1v) is 7.02. The van der Waals surface area contributed by atoms with E-state index in [-0.39, 0.29) is 5.91 Å². The third kappa shape index (κ3) is 4.02. The third-order valence-corrected chi connectivity index (χ3v) is 3.26. The molecule has 1 aromatic carbocycles. The van der Waals surface area contributed by atoms with Crippen LogP contribution < -0.4 is 10.6 Å². The van der Waals surface area contributed by atoms with Gasteiger partial charge in [0.1, 0.15) is 4.99 Å². The Morgan fingerprint density at radius 3 is 2.82 bits per heavy atom. The van der Waals surface area contributed by atoms with Crippen molar-refractivity contribution < 1.29 is 4.79 Å². The fourth-order valence-electron chi connectivity index (χ4n) is 1.37. The number of thioether (sulfide) groups is 1. The van der Waals surface area contributed by atoms with Crippen molar-refractivity contribution >= 4 is 40.6 Å². The van der Waals surface area contributed by atoms with Gasteiger partial charge in [-0.25, -0.2) is 0 Å². The summed E-state index contributed by atoms with van der Waals surface area (Å²) in [4.78, 5) is 13.8. The van der Waals surface area contributed by atoms with Gasteiger partial charge in [0.25, 0.3) is 0 Å². The Kier molecular flexibility index (Phi) is 5.44. The molecule has 0 saturated heterocycles. The van der Waals surface area contributed by atoms with E-state index in [0.29, 0.717) is 11.4 Å². The lowest BCUT2D eigenvalue weighted by Crippen LogP contribution is -2.26. The maximum atomic E-state index is 11.8. The van der Waals surface area contributed by atoms with Crippen molar-refractivity contribution in [2.24, 2.45) is 5.73 Å². The molecule has 0 saturated carbocycles. The predicted molar refractivity (Wildman–Crippen MR) is 78.7 cm³/mol. The average molecular weight is 268 g/mol. The quantitative estimate of drug-likeness (QED) is 0.830. The van der Waals surface area contributed by atoms with Crippen molar-refractivity contribution in [3.05, 3.63) is 29.8 Å². The number of carbonyl (C=O) groups excluding carboxylic acids is 1. The fourth-order valence-corrected chi connectivity index (χ4v) is 1.87. The van der Waals surface area contributed by atoms with Crippen LogP contribution in [0.15, 0.2) is 24.3 Å². The maximum absolute atomic E-state index is 11.8. The first-order chi connectivity index (χ1) is 8.06. The summed E-state index contributed by atoms with van der Waals surface area (Å²) in [7, 11) is 1.77. The molecule has 0 aromatic heterocycles. The Balaban J connectivity index is 2.81. The minimum absolute atomic E-state index is 0.0967. The highest BCUT2D eigenvalue weighted by atomic mass is 32.2. The van der Waals surface area contributed by atoms with Crippen LogP contribution in [-0.4, -0.2) is 30.0 Å². The molecule has 0 atom stereocenters. The Morgan fingerprint density at radius 2 is 2.24 bits per heavy atom. The number of amides is 1. The molecule has 0 heterocycles. The molecule has 0 unspecified atom stereocenters. The van der Waals surface area contributed by atoms with Crippen molar-refractivity contribution in [1.29, 1.82) is 0 Å². The number of anilines is 1. The van der Waals surface area contributed by atoms with Gasteiger partial charge in [0.05, 0.1) is 0 Å². The van der Waals surface area contributed by atoms with Crippen LogP contribution >= 0.6 is 24.0 Å². The van der Waals surface area contributed by atoms with E-state index in [2.05, 4.69) is 0 Å². The minimum atomic E-state index is 0.0967. The van der Waals surface area contributed by atoms with E-state index >= 15 is 0 Å². The molecule has 0 radical (unpaired) electrons. The van der Waals surface area contributed by atoms with Crippen LogP contribution in [-0.2, 0) is 4.79 Å². The number of rotatable bonds is 5. The smallest absolute Gasteiger partial charge is 0.227 e. The lowest BCUT2D eigenvalue weighted by atomic mass is 10.2. The van der Waals surface area contributed by atoms with E-state index < -0.39 is 0 Å². The van der Waals surface area contributed by atoms with Crippen molar-refractivity contribution in [3.63, 3.8) is 0 Å². The van der Waals surface area contributed by atoms with E-state index in [0.717, 1.165) is 17.0 Å². The molecule has 0 fully saturated rings. The van der Waals surface area contributed by atoms with Gasteiger partial charge in [-0.15, -0.1) is 0 Å². The Morgan fingerprint density at radius 1 is 1.53 bits per heavy atom. The van der Waals surface area contributed by atoms with Crippen molar-refractivity contribution in [3.8, 4) is 0 Å². The monoisotopic (exact) mass is 268 g/mol. The number of nitrogens with two attached hydrogens (primary N) is 1. The molecule has 17 heavy (non-hydrogen) atoms. The van der Waals surface area contributed by atoms with Crippen LogP contribution in [0.25, 0.3) is 0 Å². The number of hydrogen-bond donors (Lipinski definition) is 1. The highest BCUT2D eigenvalue weighted by Gasteiger charge is 2.10. The first-order valence-electron chi connectivity index (χ1n) is 5.21. The highest BCUT2D eigenvalue weighted by molar-refractivity contribution is 7.98. The van der Waals surface area contributed by atoms with Crippen LogP contribution in [0.5, 0.6) is 0 Å². The number of hydrogen-bond acceptors (Lipinski definition) is 3. The average Bonchev–Trinajstić information content (AvgIpc) is 2.35. The zero-order valence-electron chi connectivity index (χ0n) is 9.97. The van der Waals surface area contributed by atoms with Crippen LogP contribution in [0.2, 0.25) is 0 Å². The summed E-state index contributed by atoms with van der Waals surface area (Å²) in [5.41, 5.74) is 7.16. The lowest BCUT2D eigenvalue weighted by Gasteiger charge is -2.17. The third-order valence-electron chi connectivity index (χ3n) is 2.41. The zero-order valence-corrected chi connectivity index (χ0v) is 11.6. The lowest BCUT2D eigenvalue weighted by molar-refractivity contribution is -0.117. The van der Waals surface area contributed by atoms with Crippen molar-refractivity contribution in [1.82, 2.24) is 0 Å². The predicted octanol–water partition coefficient (Wildman–Crippen LogP) is 2.04. The van der Waals surface area contributed by atoms with Crippen LogP contribution in [0, 0.1) is 0 Å². The molecule has 0 bridgehead atoms. The normalized spacial score (nSPS) is 10.0. The van der Waals surface area contributed by atoms with Gasteiger partial charge < -0.3 is 10.6 Å².